The molecular formula is C14H9ClF3N4OS. The van der Waals surface area contributed by atoms with Crippen LogP contribution in [0.25, 0.3) is 10.9 Å². The zero-order chi connectivity index (χ0) is 17.3. The van der Waals surface area contributed by atoms with Crippen molar-refractivity contribution in [2.45, 2.75) is 6.18 Å². The minimum absolute atomic E-state index is 0.122. The molecule has 0 unspecified atom stereocenters. The van der Waals surface area contributed by atoms with Crippen LogP contribution in [0.2, 0.25) is 0 Å². The summed E-state index contributed by atoms with van der Waals surface area (Å²) in [5, 5.41) is 5.40. The summed E-state index contributed by atoms with van der Waals surface area (Å²) < 4.78 is 38.6. The van der Waals surface area contributed by atoms with E-state index in [4.69, 9.17) is 11.6 Å². The Bertz CT molecular complexity index is 882. The van der Waals surface area contributed by atoms with Gasteiger partial charge in [0.15, 0.2) is 5.82 Å². The highest BCUT2D eigenvalue weighted by atomic mass is 35.5. The molecule has 0 saturated heterocycles. The molecule has 1 radical (unpaired) electrons. The van der Waals surface area contributed by atoms with Gasteiger partial charge in [0.05, 0.1) is 22.3 Å². The van der Waals surface area contributed by atoms with Crippen LogP contribution in [0.1, 0.15) is 5.56 Å². The summed E-state index contributed by atoms with van der Waals surface area (Å²) >= 11 is 6.54. The first-order valence-electron chi connectivity index (χ1n) is 6.52. The number of amides is 2. The molecule has 10 heteroatoms. The summed E-state index contributed by atoms with van der Waals surface area (Å²) in [6.45, 7) is 0. The normalized spacial score (nSPS) is 14.3. The van der Waals surface area contributed by atoms with Crippen LogP contribution in [0.4, 0.5) is 23.7 Å². The van der Waals surface area contributed by atoms with Gasteiger partial charge in [0.2, 0.25) is 0 Å². The second-order valence-corrected chi connectivity index (χ2v) is 6.26. The van der Waals surface area contributed by atoms with Crippen LogP contribution in [-0.4, -0.2) is 16.6 Å². The lowest BCUT2D eigenvalue weighted by molar-refractivity contribution is -0.137. The molecule has 2 heterocycles. The lowest BCUT2D eigenvalue weighted by atomic mass is 10.1. The first kappa shape index (κ1) is 16.6. The molecule has 125 valence electrons. The predicted octanol–water partition coefficient (Wildman–Crippen LogP) is 4.25. The molecule has 0 aliphatic carbocycles. The van der Waals surface area contributed by atoms with Crippen molar-refractivity contribution < 1.29 is 18.0 Å². The highest BCUT2D eigenvalue weighted by molar-refractivity contribution is 8.16. The van der Waals surface area contributed by atoms with Crippen LogP contribution in [0.15, 0.2) is 45.6 Å². The number of halogens is 4. The molecule has 0 atom stereocenters. The molecule has 0 saturated carbocycles. The lowest BCUT2D eigenvalue weighted by Gasteiger charge is -2.11. The molecule has 3 rings (SSSR count). The smallest absolute Gasteiger partial charge is 0.307 e. The number of hydrogen-bond acceptors (Lipinski definition) is 3. The second-order valence-electron chi connectivity index (χ2n) is 4.68. The SMILES string of the molecule is O=C(NC1=C(Cl)[SH]C=N1)Nc1ccnc2cc(C(F)(F)F)ccc12. The zero-order valence-corrected chi connectivity index (χ0v) is 13.4. The van der Waals surface area contributed by atoms with Crippen LogP contribution in [-0.2, 0) is 6.18 Å². The number of aromatic nitrogens is 1. The van der Waals surface area contributed by atoms with Gasteiger partial charge in [-0.15, -0.1) is 11.8 Å². The van der Waals surface area contributed by atoms with E-state index < -0.39 is 17.8 Å². The van der Waals surface area contributed by atoms with Crippen molar-refractivity contribution in [3.8, 4) is 0 Å². The Morgan fingerprint density at radius 1 is 1.21 bits per heavy atom. The van der Waals surface area contributed by atoms with Crippen molar-refractivity contribution in [2.24, 2.45) is 4.99 Å². The second kappa shape index (κ2) is 6.33. The summed E-state index contributed by atoms with van der Waals surface area (Å²) in [5.74, 6) is 0.230. The van der Waals surface area contributed by atoms with Crippen molar-refractivity contribution >= 4 is 51.5 Å². The number of thiol groups is 1. The van der Waals surface area contributed by atoms with Gasteiger partial charge in [-0.05, 0) is 18.2 Å². The number of pyridine rings is 1. The average Bonchev–Trinajstić information content (AvgIpc) is 2.91. The van der Waals surface area contributed by atoms with E-state index in [0.717, 1.165) is 12.1 Å². The predicted molar refractivity (Wildman–Crippen MR) is 89.3 cm³/mol. The third kappa shape index (κ3) is 3.46. The first-order chi connectivity index (χ1) is 11.3. The third-order valence-corrected chi connectivity index (χ3v) is 4.24. The Hall–Kier alpha value is -2.26. The van der Waals surface area contributed by atoms with Crippen LogP contribution >= 0.6 is 23.4 Å². The van der Waals surface area contributed by atoms with Crippen molar-refractivity contribution in [1.29, 1.82) is 0 Å². The van der Waals surface area contributed by atoms with Crippen LogP contribution in [0.5, 0.6) is 0 Å². The summed E-state index contributed by atoms with van der Waals surface area (Å²) in [4.78, 5) is 19.8. The van der Waals surface area contributed by atoms with E-state index >= 15 is 0 Å². The molecule has 2 aromatic rings. The summed E-state index contributed by atoms with van der Waals surface area (Å²) in [5.41, 5.74) is 1.17. The number of nitrogens with one attached hydrogen (secondary N) is 2. The number of aliphatic imine (C=N–C) groups is 1. The van der Waals surface area contributed by atoms with Gasteiger partial charge in [-0.2, -0.15) is 13.2 Å². The largest absolute Gasteiger partial charge is 0.416 e. The standard InChI is InChI=1S/C14H9ClF3N4OS/c15-11-12(20-6-24-11)22-13(23)21-9-3-4-19-10-5-7(14(16,17)18)1-2-8(9)10/h1-6,24H,(H2,19,21,22,23). The van der Waals surface area contributed by atoms with E-state index in [1.807, 2.05) is 0 Å². The Balaban J connectivity index is 1.86. The molecular weight excluding hydrogens is 365 g/mol. The van der Waals surface area contributed by atoms with Crippen molar-refractivity contribution in [1.82, 2.24) is 10.3 Å². The number of fused-ring (bicyclic) bond motifs is 1. The maximum absolute atomic E-state index is 12.8. The van der Waals surface area contributed by atoms with E-state index in [1.165, 1.54) is 23.9 Å². The van der Waals surface area contributed by atoms with Gasteiger partial charge < -0.3 is 5.32 Å². The van der Waals surface area contributed by atoms with Crippen molar-refractivity contribution in [3.05, 3.63) is 46.2 Å². The number of alkyl halides is 3. The molecule has 1 aromatic carbocycles. The molecule has 5 nitrogen and oxygen atoms in total. The number of rotatable bonds is 2. The van der Waals surface area contributed by atoms with E-state index in [2.05, 4.69) is 20.6 Å². The number of urea groups is 1. The molecule has 2 amide bonds. The first-order valence-corrected chi connectivity index (χ1v) is 7.86. The average molecular weight is 374 g/mol. The van der Waals surface area contributed by atoms with Gasteiger partial charge in [0.25, 0.3) is 0 Å². The summed E-state index contributed by atoms with van der Waals surface area (Å²) in [7, 11) is 0. The van der Waals surface area contributed by atoms with Crippen LogP contribution < -0.4 is 10.6 Å². The third-order valence-electron chi connectivity index (χ3n) is 3.10. The maximum atomic E-state index is 12.8. The minimum Gasteiger partial charge on any atom is -0.307 e. The van der Waals surface area contributed by atoms with Gasteiger partial charge in [0.1, 0.15) is 4.36 Å². The molecule has 0 bridgehead atoms. The van der Waals surface area contributed by atoms with Crippen molar-refractivity contribution in [2.75, 3.05) is 5.32 Å². The van der Waals surface area contributed by atoms with E-state index in [0.29, 0.717) is 27.2 Å². The fourth-order valence-corrected chi connectivity index (χ4v) is 2.77. The number of benzene rings is 1. The molecule has 2 N–H and O–H groups in total. The zero-order valence-electron chi connectivity index (χ0n) is 11.7. The number of anilines is 1. The van der Waals surface area contributed by atoms with Gasteiger partial charge >= 0.3 is 12.2 Å². The Morgan fingerprint density at radius 3 is 2.67 bits per heavy atom. The van der Waals surface area contributed by atoms with Crippen LogP contribution in [0.3, 0.4) is 0 Å². The number of nitrogens with zero attached hydrogens (tertiary/aromatic N) is 2. The van der Waals surface area contributed by atoms with Crippen molar-refractivity contribution in [3.63, 3.8) is 0 Å². The molecule has 0 fully saturated rings. The topological polar surface area (TPSA) is 66.4 Å². The van der Waals surface area contributed by atoms with E-state index in [9.17, 15) is 18.0 Å². The summed E-state index contributed by atoms with van der Waals surface area (Å²) in [6, 6.07) is 4.01. The van der Waals surface area contributed by atoms with Gasteiger partial charge in [-0.1, -0.05) is 17.7 Å². The quantitative estimate of drug-likeness (QED) is 0.689. The fraction of sp³-hybridized carbons (Fsp3) is 0.0714. The number of carbonyl (C=O) groups is 1. The highest BCUT2D eigenvalue weighted by Gasteiger charge is 2.30. The molecule has 1 aromatic heterocycles. The minimum atomic E-state index is -4.46. The van der Waals surface area contributed by atoms with Gasteiger partial charge in [-0.25, -0.2) is 9.79 Å². The number of carbonyl (C=O) groups excluding carboxylic acids is 1. The van der Waals surface area contributed by atoms with E-state index in [-0.39, 0.29) is 11.3 Å². The van der Waals surface area contributed by atoms with Gasteiger partial charge in [0, 0.05) is 11.6 Å². The van der Waals surface area contributed by atoms with Crippen LogP contribution in [0, 0.1) is 0 Å². The fourth-order valence-electron chi connectivity index (χ4n) is 2.03. The molecule has 1 aliphatic heterocycles. The van der Waals surface area contributed by atoms with Gasteiger partial charge in [-0.3, -0.25) is 10.3 Å². The Labute approximate surface area is 143 Å². The number of hydrogen-bond donors (Lipinski definition) is 3. The molecule has 0 spiro atoms. The highest BCUT2D eigenvalue weighted by Crippen LogP contribution is 2.32. The van der Waals surface area contributed by atoms with E-state index in [1.54, 1.807) is 0 Å². The Kier molecular flexibility index (Phi) is 4.37. The monoisotopic (exact) mass is 373 g/mol. The molecule has 1 aliphatic rings. The Morgan fingerprint density at radius 2 is 2.00 bits per heavy atom. The maximum Gasteiger partial charge on any atom is 0.416 e. The lowest BCUT2D eigenvalue weighted by Crippen LogP contribution is -2.27. The molecule has 24 heavy (non-hydrogen) atoms. The summed E-state index contributed by atoms with van der Waals surface area (Å²) in [6.07, 6.45) is -3.14.